The second kappa shape index (κ2) is 4.13. The second-order valence-electron chi connectivity index (χ2n) is 4.06. The van der Waals surface area contributed by atoms with E-state index < -0.39 is 0 Å². The number of aromatic nitrogens is 2. The Balaban J connectivity index is 2.74. The maximum absolute atomic E-state index is 13.3. The zero-order chi connectivity index (χ0) is 12.6. The quantitative estimate of drug-likeness (QED) is 0.809. The maximum Gasteiger partial charge on any atom is 0.160 e. The van der Waals surface area contributed by atoms with Gasteiger partial charge in [0.1, 0.15) is 5.82 Å². The molecule has 1 heterocycles. The SMILES string of the molecule is CC(=O)c1ccc(F)cc1-c1c(C)n[nH]c1C. The molecule has 0 saturated carbocycles. The minimum Gasteiger partial charge on any atom is -0.294 e. The van der Waals surface area contributed by atoms with E-state index in [-0.39, 0.29) is 11.6 Å². The van der Waals surface area contributed by atoms with Gasteiger partial charge in [0.25, 0.3) is 0 Å². The number of halogens is 1. The van der Waals surface area contributed by atoms with Gasteiger partial charge in [0.15, 0.2) is 5.78 Å². The van der Waals surface area contributed by atoms with Crippen molar-refractivity contribution in [2.75, 3.05) is 0 Å². The number of ketones is 1. The molecule has 1 aromatic heterocycles. The summed E-state index contributed by atoms with van der Waals surface area (Å²) in [6.45, 7) is 5.15. The Bertz CT molecular complexity index is 568. The molecule has 0 saturated heterocycles. The van der Waals surface area contributed by atoms with Crippen LogP contribution in [0.3, 0.4) is 0 Å². The average Bonchev–Trinajstić information content (AvgIpc) is 2.58. The highest BCUT2D eigenvalue weighted by Gasteiger charge is 2.16. The Hall–Kier alpha value is -1.97. The summed E-state index contributed by atoms with van der Waals surface area (Å²) >= 11 is 0. The minimum atomic E-state index is -0.356. The molecule has 0 radical (unpaired) electrons. The average molecular weight is 232 g/mol. The molecule has 0 bridgehead atoms. The van der Waals surface area contributed by atoms with Crippen LogP contribution in [0.1, 0.15) is 28.7 Å². The number of nitrogens with one attached hydrogen (secondary N) is 1. The first-order chi connectivity index (χ1) is 8.00. The lowest BCUT2D eigenvalue weighted by Gasteiger charge is -2.07. The van der Waals surface area contributed by atoms with Crippen LogP contribution in [0.5, 0.6) is 0 Å². The van der Waals surface area contributed by atoms with Crippen molar-refractivity contribution >= 4 is 5.78 Å². The van der Waals surface area contributed by atoms with Crippen molar-refractivity contribution in [3.8, 4) is 11.1 Å². The van der Waals surface area contributed by atoms with E-state index in [4.69, 9.17) is 0 Å². The van der Waals surface area contributed by atoms with Gasteiger partial charge in [-0.05, 0) is 44.5 Å². The normalized spacial score (nSPS) is 10.6. The number of aromatic amines is 1. The molecule has 0 fully saturated rings. The zero-order valence-electron chi connectivity index (χ0n) is 9.97. The lowest BCUT2D eigenvalue weighted by atomic mass is 9.96. The van der Waals surface area contributed by atoms with Crippen LogP contribution in [-0.2, 0) is 0 Å². The van der Waals surface area contributed by atoms with Crippen LogP contribution in [0.15, 0.2) is 18.2 Å². The molecule has 0 amide bonds. The summed E-state index contributed by atoms with van der Waals surface area (Å²) in [6, 6.07) is 4.19. The molecule has 0 aliphatic heterocycles. The predicted octanol–water partition coefficient (Wildman–Crippen LogP) is 3.04. The highest BCUT2D eigenvalue weighted by molar-refractivity contribution is 6.01. The first-order valence-electron chi connectivity index (χ1n) is 5.33. The fraction of sp³-hybridized carbons (Fsp3) is 0.231. The van der Waals surface area contributed by atoms with E-state index in [0.717, 1.165) is 17.0 Å². The highest BCUT2D eigenvalue weighted by Crippen LogP contribution is 2.29. The van der Waals surface area contributed by atoms with Crippen molar-refractivity contribution in [3.05, 3.63) is 41.0 Å². The Labute approximate surface area is 98.7 Å². The van der Waals surface area contributed by atoms with Crippen molar-refractivity contribution in [1.29, 1.82) is 0 Å². The number of benzene rings is 1. The standard InChI is InChI=1S/C13H13FN2O/c1-7-13(8(2)16-15-7)12-6-10(14)4-5-11(12)9(3)17/h4-6H,1-3H3,(H,15,16). The number of hydrogen-bond acceptors (Lipinski definition) is 2. The van der Waals surface area contributed by atoms with E-state index in [2.05, 4.69) is 10.2 Å². The Morgan fingerprint density at radius 1 is 1.35 bits per heavy atom. The summed E-state index contributed by atoms with van der Waals surface area (Å²) in [4.78, 5) is 11.5. The lowest BCUT2D eigenvalue weighted by Crippen LogP contribution is -1.98. The van der Waals surface area contributed by atoms with Gasteiger partial charge in [-0.2, -0.15) is 5.10 Å². The van der Waals surface area contributed by atoms with Gasteiger partial charge in [0, 0.05) is 16.8 Å². The molecule has 1 aromatic carbocycles. The molecule has 0 aliphatic carbocycles. The smallest absolute Gasteiger partial charge is 0.160 e. The van der Waals surface area contributed by atoms with Crippen LogP contribution in [0.25, 0.3) is 11.1 Å². The third kappa shape index (κ3) is 1.98. The third-order valence-electron chi connectivity index (χ3n) is 2.76. The van der Waals surface area contributed by atoms with Gasteiger partial charge in [-0.15, -0.1) is 0 Å². The first-order valence-corrected chi connectivity index (χ1v) is 5.33. The van der Waals surface area contributed by atoms with Crippen molar-refractivity contribution in [2.45, 2.75) is 20.8 Å². The number of carbonyl (C=O) groups excluding carboxylic acids is 1. The molecular formula is C13H13FN2O. The summed E-state index contributed by atoms with van der Waals surface area (Å²) in [5.41, 5.74) is 3.50. The fourth-order valence-electron chi connectivity index (χ4n) is 1.98. The fourth-order valence-corrected chi connectivity index (χ4v) is 1.98. The molecule has 3 nitrogen and oxygen atoms in total. The van der Waals surface area contributed by atoms with Crippen molar-refractivity contribution in [3.63, 3.8) is 0 Å². The largest absolute Gasteiger partial charge is 0.294 e. The van der Waals surface area contributed by atoms with E-state index in [0.29, 0.717) is 11.1 Å². The summed E-state index contributed by atoms with van der Waals surface area (Å²) in [6.07, 6.45) is 0. The number of carbonyl (C=O) groups is 1. The van der Waals surface area contributed by atoms with Gasteiger partial charge in [0.2, 0.25) is 0 Å². The molecule has 88 valence electrons. The minimum absolute atomic E-state index is 0.0833. The number of nitrogens with zero attached hydrogens (tertiary/aromatic N) is 1. The molecule has 0 atom stereocenters. The maximum atomic E-state index is 13.3. The number of rotatable bonds is 2. The van der Waals surface area contributed by atoms with Gasteiger partial charge in [-0.1, -0.05) is 0 Å². The molecule has 17 heavy (non-hydrogen) atoms. The summed E-state index contributed by atoms with van der Waals surface area (Å²) < 4.78 is 13.3. The molecule has 1 N–H and O–H groups in total. The number of hydrogen-bond donors (Lipinski definition) is 1. The predicted molar refractivity (Wildman–Crippen MR) is 63.5 cm³/mol. The van der Waals surface area contributed by atoms with Gasteiger partial charge < -0.3 is 0 Å². The first kappa shape index (κ1) is 11.5. The lowest BCUT2D eigenvalue weighted by molar-refractivity contribution is 0.101. The van der Waals surface area contributed by atoms with Crippen molar-refractivity contribution in [2.24, 2.45) is 0 Å². The Morgan fingerprint density at radius 2 is 2.06 bits per heavy atom. The summed E-state index contributed by atoms with van der Waals surface area (Å²) in [5, 5.41) is 6.90. The Morgan fingerprint density at radius 3 is 2.59 bits per heavy atom. The monoisotopic (exact) mass is 232 g/mol. The second-order valence-corrected chi connectivity index (χ2v) is 4.06. The Kier molecular flexibility index (Phi) is 2.79. The van der Waals surface area contributed by atoms with Crippen LogP contribution in [0.2, 0.25) is 0 Å². The highest BCUT2D eigenvalue weighted by atomic mass is 19.1. The zero-order valence-corrected chi connectivity index (χ0v) is 9.97. The van der Waals surface area contributed by atoms with Gasteiger partial charge in [-0.3, -0.25) is 9.89 Å². The summed E-state index contributed by atoms with van der Waals surface area (Å²) in [5.74, 6) is -0.440. The van der Waals surface area contributed by atoms with E-state index in [1.807, 2.05) is 13.8 Å². The van der Waals surface area contributed by atoms with E-state index in [9.17, 15) is 9.18 Å². The van der Waals surface area contributed by atoms with Crippen LogP contribution in [0.4, 0.5) is 4.39 Å². The summed E-state index contributed by atoms with van der Waals surface area (Å²) in [7, 11) is 0. The van der Waals surface area contributed by atoms with Crippen molar-refractivity contribution in [1.82, 2.24) is 10.2 Å². The van der Waals surface area contributed by atoms with Gasteiger partial charge in [-0.25, -0.2) is 4.39 Å². The molecular weight excluding hydrogens is 219 g/mol. The molecule has 0 spiro atoms. The third-order valence-corrected chi connectivity index (χ3v) is 2.76. The molecule has 4 heteroatoms. The molecule has 2 rings (SSSR count). The van der Waals surface area contributed by atoms with Gasteiger partial charge in [0.05, 0.1) is 5.69 Å². The number of Topliss-reactive ketones (excluding diaryl/α,β-unsaturated/α-hetero) is 1. The molecule has 2 aromatic rings. The van der Waals surface area contributed by atoms with E-state index in [1.54, 1.807) is 0 Å². The van der Waals surface area contributed by atoms with E-state index in [1.165, 1.54) is 25.1 Å². The molecule has 0 aliphatic rings. The van der Waals surface area contributed by atoms with Crippen LogP contribution in [0, 0.1) is 19.7 Å². The van der Waals surface area contributed by atoms with E-state index >= 15 is 0 Å². The number of aryl methyl sites for hydroxylation is 2. The number of H-pyrrole nitrogens is 1. The van der Waals surface area contributed by atoms with Crippen molar-refractivity contribution < 1.29 is 9.18 Å². The van der Waals surface area contributed by atoms with Gasteiger partial charge >= 0.3 is 0 Å². The van der Waals surface area contributed by atoms with Crippen LogP contribution >= 0.6 is 0 Å². The molecule has 0 unspecified atom stereocenters. The van der Waals surface area contributed by atoms with Crippen LogP contribution < -0.4 is 0 Å². The topological polar surface area (TPSA) is 45.8 Å². The van der Waals surface area contributed by atoms with Crippen LogP contribution in [-0.4, -0.2) is 16.0 Å².